The molecule has 1 aliphatic heterocycles. The van der Waals surface area contributed by atoms with Crippen LogP contribution in [0.3, 0.4) is 0 Å². The summed E-state index contributed by atoms with van der Waals surface area (Å²) in [7, 11) is 0. The van der Waals surface area contributed by atoms with Gasteiger partial charge < -0.3 is 4.74 Å². The van der Waals surface area contributed by atoms with E-state index in [-0.39, 0.29) is 0 Å². The molecule has 2 heteroatoms. The highest BCUT2D eigenvalue weighted by molar-refractivity contribution is 7.80. The third kappa shape index (κ3) is 1.14. The average Bonchev–Trinajstić information content (AvgIpc) is 2.06. The average molecular weight is 164 g/mol. The van der Waals surface area contributed by atoms with E-state index in [1.807, 2.05) is 18.2 Å². The second-order valence-corrected chi connectivity index (χ2v) is 2.91. The van der Waals surface area contributed by atoms with E-state index in [1.165, 1.54) is 5.56 Å². The van der Waals surface area contributed by atoms with Crippen molar-refractivity contribution in [3.63, 3.8) is 0 Å². The summed E-state index contributed by atoms with van der Waals surface area (Å²) in [5, 5.41) is 0.645. The predicted molar refractivity (Wildman–Crippen MR) is 47.8 cm³/mol. The normalized spacial score (nSPS) is 15.5. The molecule has 0 fully saturated rings. The molecule has 0 amide bonds. The Bertz CT molecular complexity index is 293. The number of thiocarbonyl (C=S) groups is 1. The van der Waals surface area contributed by atoms with Gasteiger partial charge in [0.15, 0.2) is 5.05 Å². The van der Waals surface area contributed by atoms with Gasteiger partial charge in [0.1, 0.15) is 0 Å². The minimum absolute atomic E-state index is 0.645. The van der Waals surface area contributed by atoms with E-state index in [9.17, 15) is 0 Å². The maximum atomic E-state index is 5.24. The van der Waals surface area contributed by atoms with Gasteiger partial charge in [-0.3, -0.25) is 0 Å². The first-order valence-electron chi connectivity index (χ1n) is 3.63. The van der Waals surface area contributed by atoms with E-state index < -0.39 is 0 Å². The lowest BCUT2D eigenvalue weighted by Crippen LogP contribution is -2.15. The van der Waals surface area contributed by atoms with Gasteiger partial charge in [-0.2, -0.15) is 0 Å². The molecule has 0 aliphatic carbocycles. The molecule has 2 rings (SSSR count). The molecule has 0 N–H and O–H groups in total. The number of ether oxygens (including phenoxy) is 1. The van der Waals surface area contributed by atoms with Crippen LogP contribution in [0.25, 0.3) is 0 Å². The van der Waals surface area contributed by atoms with E-state index in [4.69, 9.17) is 17.0 Å². The zero-order valence-corrected chi connectivity index (χ0v) is 6.86. The molecular formula is C9H8OS. The fourth-order valence-electron chi connectivity index (χ4n) is 1.27. The standard InChI is InChI=1S/C9H8OS/c11-9-8-4-2-1-3-7(8)5-6-10-9/h1-4H,5-6H2. The van der Waals surface area contributed by atoms with E-state index >= 15 is 0 Å². The van der Waals surface area contributed by atoms with Crippen LogP contribution in [0, 0.1) is 0 Å². The van der Waals surface area contributed by atoms with Crippen molar-refractivity contribution < 1.29 is 4.74 Å². The molecule has 0 atom stereocenters. The van der Waals surface area contributed by atoms with Crippen LogP contribution in [0.5, 0.6) is 0 Å². The van der Waals surface area contributed by atoms with Gasteiger partial charge in [-0.15, -0.1) is 0 Å². The first-order valence-corrected chi connectivity index (χ1v) is 4.04. The Morgan fingerprint density at radius 2 is 2.09 bits per heavy atom. The van der Waals surface area contributed by atoms with Crippen molar-refractivity contribution in [2.24, 2.45) is 0 Å². The van der Waals surface area contributed by atoms with Gasteiger partial charge in [0.25, 0.3) is 0 Å². The van der Waals surface area contributed by atoms with Crippen LogP contribution in [0.1, 0.15) is 11.1 Å². The van der Waals surface area contributed by atoms with Crippen LogP contribution < -0.4 is 0 Å². The van der Waals surface area contributed by atoms with Gasteiger partial charge >= 0.3 is 0 Å². The Balaban J connectivity index is 2.52. The number of hydrogen-bond donors (Lipinski definition) is 0. The summed E-state index contributed by atoms with van der Waals surface area (Å²) in [4.78, 5) is 0. The molecule has 1 aromatic carbocycles. The SMILES string of the molecule is S=C1OCCc2ccccc21. The van der Waals surface area contributed by atoms with E-state index in [2.05, 4.69) is 6.07 Å². The second kappa shape index (κ2) is 2.62. The minimum Gasteiger partial charge on any atom is -0.483 e. The Morgan fingerprint density at radius 1 is 1.27 bits per heavy atom. The summed E-state index contributed by atoms with van der Waals surface area (Å²) in [5.74, 6) is 0. The highest BCUT2D eigenvalue weighted by atomic mass is 32.1. The van der Waals surface area contributed by atoms with Gasteiger partial charge in [-0.05, 0) is 17.8 Å². The van der Waals surface area contributed by atoms with Crippen LogP contribution in [-0.2, 0) is 11.2 Å². The van der Waals surface area contributed by atoms with Crippen molar-refractivity contribution >= 4 is 17.3 Å². The highest BCUT2D eigenvalue weighted by Crippen LogP contribution is 2.16. The Kier molecular flexibility index (Phi) is 1.62. The first-order chi connectivity index (χ1) is 5.38. The van der Waals surface area contributed by atoms with Crippen LogP contribution in [0.4, 0.5) is 0 Å². The van der Waals surface area contributed by atoms with E-state index in [0.29, 0.717) is 5.05 Å². The second-order valence-electron chi connectivity index (χ2n) is 2.54. The molecule has 0 saturated carbocycles. The van der Waals surface area contributed by atoms with Crippen molar-refractivity contribution in [1.29, 1.82) is 0 Å². The summed E-state index contributed by atoms with van der Waals surface area (Å²) in [6, 6.07) is 8.13. The van der Waals surface area contributed by atoms with Crippen LogP contribution in [-0.4, -0.2) is 11.7 Å². The number of fused-ring (bicyclic) bond motifs is 1. The molecule has 1 nitrogen and oxygen atoms in total. The van der Waals surface area contributed by atoms with Gasteiger partial charge in [0, 0.05) is 12.0 Å². The van der Waals surface area contributed by atoms with Gasteiger partial charge in [-0.25, -0.2) is 0 Å². The summed E-state index contributed by atoms with van der Waals surface area (Å²) in [6.45, 7) is 0.732. The number of benzene rings is 1. The summed E-state index contributed by atoms with van der Waals surface area (Å²) in [5.41, 5.74) is 2.40. The molecule has 1 aliphatic rings. The molecule has 1 aromatic rings. The van der Waals surface area contributed by atoms with Crippen LogP contribution in [0.15, 0.2) is 24.3 Å². The van der Waals surface area contributed by atoms with Gasteiger partial charge in [-0.1, -0.05) is 24.3 Å². The molecule has 0 aromatic heterocycles. The lowest BCUT2D eigenvalue weighted by atomic mass is 10.0. The molecule has 56 valence electrons. The van der Waals surface area contributed by atoms with Crippen molar-refractivity contribution in [2.75, 3.05) is 6.61 Å². The van der Waals surface area contributed by atoms with Crippen LogP contribution >= 0.6 is 12.2 Å². The topological polar surface area (TPSA) is 9.23 Å². The quantitative estimate of drug-likeness (QED) is 0.542. The smallest absolute Gasteiger partial charge is 0.191 e. The molecule has 1 heterocycles. The molecule has 0 spiro atoms. The molecule has 11 heavy (non-hydrogen) atoms. The summed E-state index contributed by atoms with van der Waals surface area (Å²) in [6.07, 6.45) is 0.982. The predicted octanol–water partition coefficient (Wildman–Crippen LogP) is 1.93. The molecule has 0 unspecified atom stereocenters. The fourth-order valence-corrected chi connectivity index (χ4v) is 1.55. The Hall–Kier alpha value is -0.890. The van der Waals surface area contributed by atoms with Crippen molar-refractivity contribution in [2.45, 2.75) is 6.42 Å². The van der Waals surface area contributed by atoms with Crippen molar-refractivity contribution in [3.8, 4) is 0 Å². The molecule has 0 bridgehead atoms. The zero-order valence-electron chi connectivity index (χ0n) is 6.04. The third-order valence-electron chi connectivity index (χ3n) is 1.84. The largest absolute Gasteiger partial charge is 0.483 e. The molecule has 0 saturated heterocycles. The monoisotopic (exact) mass is 164 g/mol. The van der Waals surface area contributed by atoms with Crippen molar-refractivity contribution in [1.82, 2.24) is 0 Å². The highest BCUT2D eigenvalue weighted by Gasteiger charge is 2.12. The zero-order chi connectivity index (χ0) is 7.68. The molecular weight excluding hydrogens is 156 g/mol. The van der Waals surface area contributed by atoms with Gasteiger partial charge in [0.05, 0.1) is 6.61 Å². The number of rotatable bonds is 0. The fraction of sp³-hybridized carbons (Fsp3) is 0.222. The lowest BCUT2D eigenvalue weighted by molar-refractivity contribution is 0.309. The van der Waals surface area contributed by atoms with Crippen LogP contribution in [0.2, 0.25) is 0 Å². The number of hydrogen-bond acceptors (Lipinski definition) is 2. The van der Waals surface area contributed by atoms with E-state index in [1.54, 1.807) is 0 Å². The van der Waals surface area contributed by atoms with Gasteiger partial charge in [0.2, 0.25) is 0 Å². The third-order valence-corrected chi connectivity index (χ3v) is 2.18. The maximum absolute atomic E-state index is 5.24. The lowest BCUT2D eigenvalue weighted by Gasteiger charge is -2.16. The molecule has 0 radical (unpaired) electrons. The summed E-state index contributed by atoms with van der Waals surface area (Å²) < 4.78 is 5.24. The summed E-state index contributed by atoms with van der Waals surface area (Å²) >= 11 is 5.04. The Morgan fingerprint density at radius 3 is 2.91 bits per heavy atom. The van der Waals surface area contributed by atoms with E-state index in [0.717, 1.165) is 18.6 Å². The van der Waals surface area contributed by atoms with Crippen molar-refractivity contribution in [3.05, 3.63) is 35.4 Å². The minimum atomic E-state index is 0.645. The Labute approximate surface area is 71.0 Å². The maximum Gasteiger partial charge on any atom is 0.191 e. The first kappa shape index (κ1) is 6.80.